The van der Waals surface area contributed by atoms with Crippen LogP contribution in [-0.2, 0) is 4.79 Å². The number of nitrogens with one attached hydrogen (secondary N) is 1. The predicted molar refractivity (Wildman–Crippen MR) is 48.7 cm³/mol. The molecule has 72 valence electrons. The molecule has 2 atom stereocenters. The van der Waals surface area contributed by atoms with Crippen LogP contribution in [0, 0.1) is 11.8 Å². The van der Waals surface area contributed by atoms with Crippen LogP contribution in [0.2, 0.25) is 0 Å². The van der Waals surface area contributed by atoms with Gasteiger partial charge in [0.25, 0.3) is 0 Å². The molecule has 0 saturated heterocycles. The molecule has 2 unspecified atom stereocenters. The lowest BCUT2D eigenvalue weighted by atomic mass is 10.0. The lowest BCUT2D eigenvalue weighted by Crippen LogP contribution is -2.40. The van der Waals surface area contributed by atoms with E-state index in [1.807, 2.05) is 27.7 Å². The molecule has 0 aromatic rings. The molecule has 0 fully saturated rings. The van der Waals surface area contributed by atoms with Gasteiger partial charge >= 0.3 is 0 Å². The summed E-state index contributed by atoms with van der Waals surface area (Å²) in [6.07, 6.45) is 0. The summed E-state index contributed by atoms with van der Waals surface area (Å²) in [6, 6.07) is 0.0462. The van der Waals surface area contributed by atoms with Crippen LogP contribution < -0.4 is 5.32 Å². The molecule has 0 aromatic heterocycles. The van der Waals surface area contributed by atoms with Gasteiger partial charge in [0, 0.05) is 18.6 Å². The van der Waals surface area contributed by atoms with Crippen LogP contribution in [0.4, 0.5) is 0 Å². The lowest BCUT2D eigenvalue weighted by Gasteiger charge is -2.20. The summed E-state index contributed by atoms with van der Waals surface area (Å²) >= 11 is 0. The minimum atomic E-state index is 0.0124. The first-order valence-corrected chi connectivity index (χ1v) is 4.40. The monoisotopic (exact) mass is 173 g/mol. The van der Waals surface area contributed by atoms with E-state index in [0.717, 1.165) is 0 Å². The summed E-state index contributed by atoms with van der Waals surface area (Å²) in [4.78, 5) is 11.2. The predicted octanol–water partition coefficient (Wildman–Crippen LogP) is 0.775. The average Bonchev–Trinajstić information content (AvgIpc) is 2.02. The fourth-order valence-electron chi connectivity index (χ4n) is 0.691. The Morgan fingerprint density at radius 1 is 1.33 bits per heavy atom. The van der Waals surface area contributed by atoms with E-state index in [9.17, 15) is 4.79 Å². The number of rotatable bonds is 4. The Balaban J connectivity index is 3.83. The Bertz CT molecular complexity index is 145. The summed E-state index contributed by atoms with van der Waals surface area (Å²) in [6.45, 7) is 7.63. The van der Waals surface area contributed by atoms with Gasteiger partial charge in [-0.2, -0.15) is 0 Å². The van der Waals surface area contributed by atoms with Gasteiger partial charge < -0.3 is 10.4 Å². The van der Waals surface area contributed by atoms with Crippen molar-refractivity contribution in [3.63, 3.8) is 0 Å². The highest BCUT2D eigenvalue weighted by molar-refractivity contribution is 5.78. The number of carbonyl (C=O) groups excluding carboxylic acids is 1. The topological polar surface area (TPSA) is 49.3 Å². The van der Waals surface area contributed by atoms with Gasteiger partial charge in [0.1, 0.15) is 0 Å². The van der Waals surface area contributed by atoms with Crippen LogP contribution >= 0.6 is 0 Å². The van der Waals surface area contributed by atoms with Crippen molar-refractivity contribution >= 4 is 5.91 Å². The Morgan fingerprint density at radius 2 is 1.83 bits per heavy atom. The first kappa shape index (κ1) is 11.4. The normalized spacial score (nSPS) is 15.8. The molecule has 0 aliphatic rings. The number of aliphatic hydroxyl groups excluding tert-OH is 1. The van der Waals surface area contributed by atoms with E-state index in [1.165, 1.54) is 0 Å². The summed E-state index contributed by atoms with van der Waals surface area (Å²) in [5.74, 6) is 0.175. The fourth-order valence-corrected chi connectivity index (χ4v) is 0.691. The summed E-state index contributed by atoms with van der Waals surface area (Å²) in [5, 5.41) is 11.6. The van der Waals surface area contributed by atoms with Crippen molar-refractivity contribution in [2.45, 2.75) is 33.7 Å². The molecule has 0 radical (unpaired) electrons. The highest BCUT2D eigenvalue weighted by atomic mass is 16.3. The molecular formula is C9H19NO2. The Labute approximate surface area is 74.2 Å². The van der Waals surface area contributed by atoms with Crippen molar-refractivity contribution < 1.29 is 9.90 Å². The zero-order valence-corrected chi connectivity index (χ0v) is 8.29. The van der Waals surface area contributed by atoms with E-state index in [4.69, 9.17) is 5.11 Å². The molecule has 0 aromatic carbocycles. The maximum Gasteiger partial charge on any atom is 0.222 e. The first-order chi connectivity index (χ1) is 5.49. The molecule has 0 saturated carbocycles. The molecule has 0 rings (SSSR count). The molecule has 2 N–H and O–H groups in total. The van der Waals surface area contributed by atoms with Gasteiger partial charge in [-0.3, -0.25) is 4.79 Å². The second kappa shape index (κ2) is 5.14. The third-order valence-electron chi connectivity index (χ3n) is 2.04. The zero-order chi connectivity index (χ0) is 9.72. The zero-order valence-electron chi connectivity index (χ0n) is 8.29. The van der Waals surface area contributed by atoms with Crippen molar-refractivity contribution in [3.8, 4) is 0 Å². The van der Waals surface area contributed by atoms with Gasteiger partial charge in [-0.1, -0.05) is 20.8 Å². The van der Waals surface area contributed by atoms with Gasteiger partial charge in [0.15, 0.2) is 0 Å². The van der Waals surface area contributed by atoms with Crippen LogP contribution in [0.25, 0.3) is 0 Å². The molecule has 3 nitrogen and oxygen atoms in total. The number of hydrogen-bond donors (Lipinski definition) is 2. The Kier molecular flexibility index (Phi) is 4.90. The Morgan fingerprint density at radius 3 is 2.17 bits per heavy atom. The molecule has 0 aliphatic heterocycles. The highest BCUT2D eigenvalue weighted by Gasteiger charge is 2.15. The van der Waals surface area contributed by atoms with Crippen molar-refractivity contribution in [1.29, 1.82) is 0 Å². The smallest absolute Gasteiger partial charge is 0.222 e. The number of aliphatic hydroxyl groups is 1. The summed E-state index contributed by atoms with van der Waals surface area (Å²) in [5.41, 5.74) is 0. The molecule has 12 heavy (non-hydrogen) atoms. The molecule has 0 bridgehead atoms. The average molecular weight is 173 g/mol. The molecule has 3 heteroatoms. The lowest BCUT2D eigenvalue weighted by molar-refractivity contribution is -0.125. The van der Waals surface area contributed by atoms with Crippen LogP contribution in [0.1, 0.15) is 27.7 Å². The van der Waals surface area contributed by atoms with Crippen LogP contribution in [0.5, 0.6) is 0 Å². The van der Waals surface area contributed by atoms with Crippen molar-refractivity contribution in [2.75, 3.05) is 6.61 Å². The maximum absolute atomic E-state index is 11.2. The van der Waals surface area contributed by atoms with Gasteiger partial charge in [0.2, 0.25) is 5.91 Å². The van der Waals surface area contributed by atoms with Crippen LogP contribution in [-0.4, -0.2) is 23.7 Å². The fraction of sp³-hybridized carbons (Fsp3) is 0.889. The van der Waals surface area contributed by atoms with Crippen molar-refractivity contribution in [1.82, 2.24) is 5.32 Å². The van der Waals surface area contributed by atoms with E-state index >= 15 is 0 Å². The highest BCUT2D eigenvalue weighted by Crippen LogP contribution is 2.02. The SMILES string of the molecule is CC(C)C(=O)NC(C)C(C)CO. The minimum absolute atomic E-state index is 0.0124. The van der Waals surface area contributed by atoms with E-state index in [0.29, 0.717) is 0 Å². The molecule has 0 aliphatic carbocycles. The second-order valence-electron chi connectivity index (χ2n) is 3.61. The van der Waals surface area contributed by atoms with Gasteiger partial charge in [-0.15, -0.1) is 0 Å². The van der Waals surface area contributed by atoms with E-state index in [-0.39, 0.29) is 30.4 Å². The third-order valence-corrected chi connectivity index (χ3v) is 2.04. The minimum Gasteiger partial charge on any atom is -0.396 e. The molecule has 0 heterocycles. The second-order valence-corrected chi connectivity index (χ2v) is 3.61. The molecular weight excluding hydrogens is 154 g/mol. The maximum atomic E-state index is 11.2. The van der Waals surface area contributed by atoms with Crippen LogP contribution in [0.15, 0.2) is 0 Å². The van der Waals surface area contributed by atoms with Crippen molar-refractivity contribution in [3.05, 3.63) is 0 Å². The number of carbonyl (C=O) groups is 1. The largest absolute Gasteiger partial charge is 0.396 e. The van der Waals surface area contributed by atoms with E-state index in [1.54, 1.807) is 0 Å². The quantitative estimate of drug-likeness (QED) is 0.660. The molecule has 1 amide bonds. The first-order valence-electron chi connectivity index (χ1n) is 4.40. The van der Waals surface area contributed by atoms with Crippen LogP contribution in [0.3, 0.4) is 0 Å². The van der Waals surface area contributed by atoms with E-state index < -0.39 is 0 Å². The summed E-state index contributed by atoms with van der Waals surface area (Å²) < 4.78 is 0. The number of amides is 1. The third kappa shape index (κ3) is 3.72. The standard InChI is InChI=1S/C9H19NO2/c1-6(2)9(12)10-8(4)7(3)5-11/h6-8,11H,5H2,1-4H3,(H,10,12). The molecule has 0 spiro atoms. The summed E-state index contributed by atoms with van der Waals surface area (Å²) in [7, 11) is 0. The van der Waals surface area contributed by atoms with Crippen molar-refractivity contribution in [2.24, 2.45) is 11.8 Å². The van der Waals surface area contributed by atoms with Gasteiger partial charge in [-0.05, 0) is 12.8 Å². The van der Waals surface area contributed by atoms with Gasteiger partial charge in [-0.25, -0.2) is 0 Å². The number of hydrogen-bond acceptors (Lipinski definition) is 2. The van der Waals surface area contributed by atoms with Gasteiger partial charge in [0.05, 0.1) is 0 Å². The van der Waals surface area contributed by atoms with E-state index in [2.05, 4.69) is 5.32 Å². The Hall–Kier alpha value is -0.570.